The van der Waals surface area contributed by atoms with Crippen molar-refractivity contribution >= 4 is 11.8 Å². The lowest BCUT2D eigenvalue weighted by Crippen LogP contribution is -2.17. The summed E-state index contributed by atoms with van der Waals surface area (Å²) in [5.74, 6) is 1.31. The summed E-state index contributed by atoms with van der Waals surface area (Å²) in [6.07, 6.45) is 11.4. The lowest BCUT2D eigenvalue weighted by Gasteiger charge is -2.06. The summed E-state index contributed by atoms with van der Waals surface area (Å²) in [6, 6.07) is 0. The second-order valence-corrected chi connectivity index (χ2v) is 5.24. The van der Waals surface area contributed by atoms with Gasteiger partial charge in [0.05, 0.1) is 12.0 Å². The fourth-order valence-corrected chi connectivity index (χ4v) is 2.34. The number of aromatic nitrogens is 2. The van der Waals surface area contributed by atoms with Crippen molar-refractivity contribution in [2.75, 3.05) is 18.6 Å². The highest BCUT2D eigenvalue weighted by atomic mass is 32.2. The number of hydrogen-bond donors (Lipinski definition) is 1. The maximum atomic E-state index is 4.16. The number of hydrogen-bond acceptors (Lipinski definition) is 3. The lowest BCUT2D eigenvalue weighted by molar-refractivity contribution is 0.579. The van der Waals surface area contributed by atoms with E-state index in [1.165, 1.54) is 37.1 Å². The van der Waals surface area contributed by atoms with Crippen molar-refractivity contribution in [1.29, 1.82) is 0 Å². The van der Waals surface area contributed by atoms with Crippen molar-refractivity contribution in [3.63, 3.8) is 0 Å². The van der Waals surface area contributed by atoms with Crippen LogP contribution in [-0.4, -0.2) is 28.1 Å². The number of thioether (sulfide) groups is 1. The molecular weight excluding hydrogens is 230 g/mol. The minimum Gasteiger partial charge on any atom is -0.334 e. The monoisotopic (exact) mass is 255 g/mol. The van der Waals surface area contributed by atoms with Gasteiger partial charge in [0.1, 0.15) is 0 Å². The molecule has 0 fully saturated rings. The summed E-state index contributed by atoms with van der Waals surface area (Å²) in [7, 11) is 0. The summed E-state index contributed by atoms with van der Waals surface area (Å²) in [6.45, 7) is 5.22. The molecule has 0 aromatic carbocycles. The molecule has 1 heterocycles. The Kier molecular flexibility index (Phi) is 8.18. The van der Waals surface area contributed by atoms with Crippen LogP contribution in [0.3, 0.4) is 0 Å². The van der Waals surface area contributed by atoms with Gasteiger partial charge in [0.2, 0.25) is 0 Å². The first kappa shape index (κ1) is 14.6. The van der Waals surface area contributed by atoms with E-state index in [1.807, 2.05) is 24.3 Å². The molecule has 0 aliphatic heterocycles. The second-order valence-electron chi connectivity index (χ2n) is 4.25. The average Bonchev–Trinajstić information content (AvgIpc) is 2.80. The van der Waals surface area contributed by atoms with Crippen molar-refractivity contribution in [3.8, 4) is 0 Å². The molecule has 1 rings (SSSR count). The average molecular weight is 255 g/mol. The second kappa shape index (κ2) is 9.54. The van der Waals surface area contributed by atoms with Crippen LogP contribution < -0.4 is 5.32 Å². The molecule has 0 saturated carbocycles. The van der Waals surface area contributed by atoms with Gasteiger partial charge in [-0.05, 0) is 38.3 Å². The molecule has 1 aromatic heterocycles. The molecule has 1 aromatic rings. The Morgan fingerprint density at radius 1 is 1.29 bits per heavy atom. The van der Waals surface area contributed by atoms with Crippen LogP contribution in [0.5, 0.6) is 0 Å². The van der Waals surface area contributed by atoms with Gasteiger partial charge in [-0.1, -0.05) is 12.8 Å². The zero-order chi connectivity index (χ0) is 12.3. The zero-order valence-electron chi connectivity index (χ0n) is 11.1. The van der Waals surface area contributed by atoms with Gasteiger partial charge in [0.25, 0.3) is 0 Å². The first-order valence-corrected chi connectivity index (χ1v) is 7.96. The Hall–Kier alpha value is -0.480. The molecule has 0 aliphatic rings. The van der Waals surface area contributed by atoms with E-state index >= 15 is 0 Å². The van der Waals surface area contributed by atoms with E-state index in [1.54, 1.807) is 0 Å². The number of nitrogens with zero attached hydrogens (tertiary/aromatic N) is 2. The molecule has 17 heavy (non-hydrogen) atoms. The fraction of sp³-hybridized carbons (Fsp3) is 0.769. The maximum Gasteiger partial charge on any atom is 0.0948 e. The summed E-state index contributed by atoms with van der Waals surface area (Å²) in [4.78, 5) is 4.16. The SMILES string of the molecule is CCn1cncc1CNCCCCCCSC. The standard InChI is InChI=1S/C13H25N3S/c1-3-16-12-15-11-13(16)10-14-8-6-4-5-7-9-17-2/h11-12,14H,3-10H2,1-2H3. The number of rotatable bonds is 10. The quantitative estimate of drug-likeness (QED) is 0.652. The largest absolute Gasteiger partial charge is 0.334 e. The Morgan fingerprint density at radius 3 is 2.88 bits per heavy atom. The van der Waals surface area contributed by atoms with Crippen LogP contribution in [-0.2, 0) is 13.1 Å². The van der Waals surface area contributed by atoms with E-state index < -0.39 is 0 Å². The molecule has 3 nitrogen and oxygen atoms in total. The maximum absolute atomic E-state index is 4.16. The normalized spacial score (nSPS) is 10.9. The van der Waals surface area contributed by atoms with Gasteiger partial charge in [0.15, 0.2) is 0 Å². The van der Waals surface area contributed by atoms with E-state index in [2.05, 4.69) is 28.0 Å². The van der Waals surface area contributed by atoms with Gasteiger partial charge >= 0.3 is 0 Å². The Balaban J connectivity index is 1.97. The molecule has 0 aliphatic carbocycles. The first-order valence-electron chi connectivity index (χ1n) is 6.57. The summed E-state index contributed by atoms with van der Waals surface area (Å²) >= 11 is 1.95. The van der Waals surface area contributed by atoms with Gasteiger partial charge in [-0.15, -0.1) is 0 Å². The smallest absolute Gasteiger partial charge is 0.0948 e. The van der Waals surface area contributed by atoms with Crippen molar-refractivity contribution in [3.05, 3.63) is 18.2 Å². The third-order valence-electron chi connectivity index (χ3n) is 2.90. The highest BCUT2D eigenvalue weighted by molar-refractivity contribution is 7.98. The minimum atomic E-state index is 0.943. The van der Waals surface area contributed by atoms with Gasteiger partial charge in [-0.25, -0.2) is 4.98 Å². The molecule has 0 atom stereocenters. The third kappa shape index (κ3) is 6.13. The topological polar surface area (TPSA) is 29.9 Å². The highest BCUT2D eigenvalue weighted by Crippen LogP contribution is 2.04. The molecule has 4 heteroatoms. The predicted molar refractivity (Wildman–Crippen MR) is 76.5 cm³/mol. The van der Waals surface area contributed by atoms with Crippen LogP contribution in [0.25, 0.3) is 0 Å². The van der Waals surface area contributed by atoms with Crippen LogP contribution >= 0.6 is 11.8 Å². The summed E-state index contributed by atoms with van der Waals surface area (Å²) in [5, 5.41) is 3.49. The van der Waals surface area contributed by atoms with Crippen molar-refractivity contribution < 1.29 is 0 Å². The van der Waals surface area contributed by atoms with Gasteiger partial charge in [0, 0.05) is 19.3 Å². The molecule has 1 N–H and O–H groups in total. The van der Waals surface area contributed by atoms with E-state index in [9.17, 15) is 0 Å². The number of imidazole rings is 1. The zero-order valence-corrected chi connectivity index (χ0v) is 11.9. The van der Waals surface area contributed by atoms with Crippen molar-refractivity contribution in [2.24, 2.45) is 0 Å². The fourth-order valence-electron chi connectivity index (χ4n) is 1.85. The molecule has 0 radical (unpaired) electrons. The molecule has 0 unspecified atom stereocenters. The van der Waals surface area contributed by atoms with E-state index in [0.29, 0.717) is 0 Å². The Morgan fingerprint density at radius 2 is 2.12 bits per heavy atom. The molecular formula is C13H25N3S. The molecule has 0 saturated heterocycles. The van der Waals surface area contributed by atoms with Crippen LogP contribution in [0.15, 0.2) is 12.5 Å². The van der Waals surface area contributed by atoms with Crippen LogP contribution in [0.2, 0.25) is 0 Å². The third-order valence-corrected chi connectivity index (χ3v) is 3.59. The van der Waals surface area contributed by atoms with E-state index in [0.717, 1.165) is 19.6 Å². The number of aryl methyl sites for hydroxylation is 1. The molecule has 0 spiro atoms. The van der Waals surface area contributed by atoms with Crippen molar-refractivity contribution in [2.45, 2.75) is 45.7 Å². The van der Waals surface area contributed by atoms with E-state index in [4.69, 9.17) is 0 Å². The summed E-state index contributed by atoms with van der Waals surface area (Å²) in [5.41, 5.74) is 1.29. The molecule has 98 valence electrons. The Bertz CT molecular complexity index is 286. The highest BCUT2D eigenvalue weighted by Gasteiger charge is 1.98. The molecule has 0 amide bonds. The van der Waals surface area contributed by atoms with Crippen LogP contribution in [0, 0.1) is 0 Å². The Labute approximate surface area is 109 Å². The number of unbranched alkanes of at least 4 members (excludes halogenated alkanes) is 3. The van der Waals surface area contributed by atoms with E-state index in [-0.39, 0.29) is 0 Å². The lowest BCUT2D eigenvalue weighted by atomic mass is 10.2. The minimum absolute atomic E-state index is 0.943. The first-order chi connectivity index (χ1) is 8.38. The number of nitrogens with one attached hydrogen (secondary N) is 1. The summed E-state index contributed by atoms with van der Waals surface area (Å²) < 4.78 is 2.19. The molecule has 0 bridgehead atoms. The van der Waals surface area contributed by atoms with Gasteiger partial charge < -0.3 is 9.88 Å². The predicted octanol–water partition coefficient (Wildman–Crippen LogP) is 2.92. The van der Waals surface area contributed by atoms with Gasteiger partial charge in [-0.2, -0.15) is 11.8 Å². The van der Waals surface area contributed by atoms with Gasteiger partial charge in [-0.3, -0.25) is 0 Å². The van der Waals surface area contributed by atoms with Crippen LogP contribution in [0.1, 0.15) is 38.3 Å². The van der Waals surface area contributed by atoms with Crippen LogP contribution in [0.4, 0.5) is 0 Å². The van der Waals surface area contributed by atoms with Crippen molar-refractivity contribution in [1.82, 2.24) is 14.9 Å².